The number of fused-ring (bicyclic) bond motifs is 1. The molecule has 0 aliphatic carbocycles. The van der Waals surface area contributed by atoms with Crippen LogP contribution < -0.4 is 4.90 Å². The molecule has 0 spiro atoms. The number of carboxylic acid groups (broad SMARTS) is 1. The predicted octanol–water partition coefficient (Wildman–Crippen LogP) is 5.02. The molecule has 2 aliphatic heterocycles. The van der Waals surface area contributed by atoms with Gasteiger partial charge in [0.2, 0.25) is 0 Å². The third kappa shape index (κ3) is 5.10. The number of nitrogens with zero attached hydrogens (tertiary/aromatic N) is 3. The molecule has 2 aliphatic rings. The van der Waals surface area contributed by atoms with Crippen LogP contribution in [0.5, 0.6) is 0 Å². The number of benzene rings is 2. The Bertz CT molecular complexity index is 1030. The minimum Gasteiger partial charge on any atom is -0.465 e. The maximum absolute atomic E-state index is 14.1. The van der Waals surface area contributed by atoms with Crippen LogP contribution in [0.4, 0.5) is 14.9 Å². The molecule has 0 aromatic heterocycles. The quantitative estimate of drug-likeness (QED) is 0.613. The van der Waals surface area contributed by atoms with E-state index in [0.717, 1.165) is 25.2 Å². The van der Waals surface area contributed by atoms with Gasteiger partial charge in [0.15, 0.2) is 0 Å². The van der Waals surface area contributed by atoms with Crippen molar-refractivity contribution in [3.8, 4) is 0 Å². The Hall–Kier alpha value is -2.35. The van der Waals surface area contributed by atoms with Gasteiger partial charge in [0.25, 0.3) is 5.91 Å². The third-order valence-electron chi connectivity index (χ3n) is 6.58. The van der Waals surface area contributed by atoms with E-state index in [1.54, 1.807) is 17.0 Å². The number of anilines is 1. The van der Waals surface area contributed by atoms with E-state index in [9.17, 15) is 19.1 Å². The van der Waals surface area contributed by atoms with Crippen LogP contribution in [0.3, 0.4) is 0 Å². The molecule has 1 N–H and O–H groups in total. The lowest BCUT2D eigenvalue weighted by Crippen LogP contribution is -2.35. The summed E-state index contributed by atoms with van der Waals surface area (Å²) in [6.07, 6.45) is -0.320. The highest BCUT2D eigenvalue weighted by Crippen LogP contribution is 2.33. The van der Waals surface area contributed by atoms with Crippen molar-refractivity contribution >= 4 is 40.9 Å². The summed E-state index contributed by atoms with van der Waals surface area (Å²) >= 11 is 12.2. The number of hydrogen-bond donors (Lipinski definition) is 1. The monoisotopic (exact) mass is 493 g/mol. The lowest BCUT2D eigenvalue weighted by Gasteiger charge is -2.24. The van der Waals surface area contributed by atoms with Crippen molar-refractivity contribution < 1.29 is 19.1 Å². The van der Waals surface area contributed by atoms with Crippen molar-refractivity contribution in [2.24, 2.45) is 11.8 Å². The fourth-order valence-corrected chi connectivity index (χ4v) is 5.25. The molecule has 9 heteroatoms. The summed E-state index contributed by atoms with van der Waals surface area (Å²) in [5.74, 6) is -0.297. The van der Waals surface area contributed by atoms with Crippen LogP contribution in [0.1, 0.15) is 22.3 Å². The van der Waals surface area contributed by atoms with Gasteiger partial charge in [-0.3, -0.25) is 9.69 Å². The standard InChI is InChI=1S/C24H26Cl2FN3O3/c1-15-6-7-18(10-20(15)26)30(24(32)33)9-3-8-28-11-16-13-29(14-17(16)12-28)23(31)22-19(25)4-2-5-21(22)27/h2,4-7,10,16-17H,3,8-9,11-14H2,1H3,(H,32,33). The molecule has 2 heterocycles. The van der Waals surface area contributed by atoms with Crippen LogP contribution in [0.15, 0.2) is 36.4 Å². The number of amides is 2. The molecule has 2 amide bonds. The van der Waals surface area contributed by atoms with E-state index in [2.05, 4.69) is 4.90 Å². The number of hydrogen-bond acceptors (Lipinski definition) is 3. The highest BCUT2D eigenvalue weighted by atomic mass is 35.5. The number of rotatable bonds is 6. The average molecular weight is 494 g/mol. The molecule has 2 unspecified atom stereocenters. The van der Waals surface area contributed by atoms with Crippen molar-refractivity contribution in [1.29, 1.82) is 0 Å². The van der Waals surface area contributed by atoms with Gasteiger partial charge >= 0.3 is 6.09 Å². The molecule has 2 aromatic carbocycles. The Balaban J connectivity index is 1.29. The highest BCUT2D eigenvalue weighted by molar-refractivity contribution is 6.33. The van der Waals surface area contributed by atoms with Crippen molar-refractivity contribution in [1.82, 2.24) is 9.80 Å². The van der Waals surface area contributed by atoms with E-state index >= 15 is 0 Å². The Kier molecular flexibility index (Phi) is 7.12. The second-order valence-electron chi connectivity index (χ2n) is 8.81. The first-order valence-electron chi connectivity index (χ1n) is 11.0. The molecule has 2 atom stereocenters. The minimum absolute atomic E-state index is 0.0547. The molecule has 0 bridgehead atoms. The summed E-state index contributed by atoms with van der Waals surface area (Å²) in [4.78, 5) is 29.9. The Morgan fingerprint density at radius 2 is 1.79 bits per heavy atom. The summed E-state index contributed by atoms with van der Waals surface area (Å²) in [5, 5.41) is 10.3. The van der Waals surface area contributed by atoms with Crippen LogP contribution in [0, 0.1) is 24.6 Å². The molecular formula is C24H26Cl2FN3O3. The molecule has 6 nitrogen and oxygen atoms in total. The van der Waals surface area contributed by atoms with Crippen LogP contribution in [0.2, 0.25) is 10.0 Å². The topological polar surface area (TPSA) is 64.1 Å². The third-order valence-corrected chi connectivity index (χ3v) is 7.30. The number of carbonyl (C=O) groups is 2. The lowest BCUT2D eigenvalue weighted by atomic mass is 10.0. The number of halogens is 3. The van der Waals surface area contributed by atoms with Gasteiger partial charge < -0.3 is 14.9 Å². The Labute approximate surface area is 202 Å². The van der Waals surface area contributed by atoms with Gasteiger partial charge in [-0.15, -0.1) is 0 Å². The highest BCUT2D eigenvalue weighted by Gasteiger charge is 2.42. The van der Waals surface area contributed by atoms with Gasteiger partial charge in [-0.05, 0) is 61.6 Å². The van der Waals surface area contributed by atoms with Gasteiger partial charge in [-0.25, -0.2) is 9.18 Å². The Morgan fingerprint density at radius 1 is 1.09 bits per heavy atom. The van der Waals surface area contributed by atoms with Crippen molar-refractivity contribution in [2.45, 2.75) is 13.3 Å². The smallest absolute Gasteiger partial charge is 0.411 e. The van der Waals surface area contributed by atoms with E-state index in [1.165, 1.54) is 23.1 Å². The second-order valence-corrected chi connectivity index (χ2v) is 9.62. The molecule has 4 rings (SSSR count). The van der Waals surface area contributed by atoms with Crippen LogP contribution in [-0.2, 0) is 0 Å². The zero-order valence-electron chi connectivity index (χ0n) is 18.3. The molecule has 2 saturated heterocycles. The molecule has 33 heavy (non-hydrogen) atoms. The van der Waals surface area contributed by atoms with Crippen LogP contribution in [0.25, 0.3) is 0 Å². The molecule has 0 radical (unpaired) electrons. The molecule has 176 valence electrons. The van der Waals surface area contributed by atoms with E-state index in [-0.39, 0.29) is 16.5 Å². The number of likely N-dealkylation sites (tertiary alicyclic amines) is 2. The largest absolute Gasteiger partial charge is 0.465 e. The lowest BCUT2D eigenvalue weighted by molar-refractivity contribution is 0.0769. The normalized spacial score (nSPS) is 20.2. The van der Waals surface area contributed by atoms with E-state index in [0.29, 0.717) is 48.6 Å². The van der Waals surface area contributed by atoms with Crippen molar-refractivity contribution in [2.75, 3.05) is 44.2 Å². The van der Waals surface area contributed by atoms with Crippen LogP contribution >= 0.6 is 23.2 Å². The minimum atomic E-state index is -1.01. The molecular weight excluding hydrogens is 468 g/mol. The van der Waals surface area contributed by atoms with Crippen LogP contribution in [-0.4, -0.2) is 66.2 Å². The predicted molar refractivity (Wildman–Crippen MR) is 127 cm³/mol. The molecule has 2 fully saturated rings. The zero-order valence-corrected chi connectivity index (χ0v) is 19.8. The number of carbonyl (C=O) groups excluding carboxylic acids is 1. The number of aryl methyl sites for hydroxylation is 1. The summed E-state index contributed by atoms with van der Waals surface area (Å²) in [6.45, 7) is 5.84. The Morgan fingerprint density at radius 3 is 2.39 bits per heavy atom. The van der Waals surface area contributed by atoms with Gasteiger partial charge in [-0.1, -0.05) is 35.3 Å². The summed E-state index contributed by atoms with van der Waals surface area (Å²) < 4.78 is 14.1. The van der Waals surface area contributed by atoms with E-state index in [4.69, 9.17) is 23.2 Å². The first kappa shape index (κ1) is 23.8. The second kappa shape index (κ2) is 9.87. The van der Waals surface area contributed by atoms with E-state index < -0.39 is 11.9 Å². The van der Waals surface area contributed by atoms with E-state index in [1.807, 2.05) is 13.0 Å². The maximum Gasteiger partial charge on any atom is 0.411 e. The molecule has 2 aromatic rings. The van der Waals surface area contributed by atoms with Crippen molar-refractivity contribution in [3.05, 3.63) is 63.4 Å². The zero-order chi connectivity index (χ0) is 23.7. The summed E-state index contributed by atoms with van der Waals surface area (Å²) in [6, 6.07) is 9.53. The first-order valence-corrected chi connectivity index (χ1v) is 11.7. The van der Waals surface area contributed by atoms with Gasteiger partial charge in [0.1, 0.15) is 5.82 Å². The maximum atomic E-state index is 14.1. The summed E-state index contributed by atoms with van der Waals surface area (Å²) in [5.41, 5.74) is 1.41. The molecule has 0 saturated carbocycles. The summed E-state index contributed by atoms with van der Waals surface area (Å²) in [7, 11) is 0. The fraction of sp³-hybridized carbons (Fsp3) is 0.417. The van der Waals surface area contributed by atoms with Gasteiger partial charge in [0.05, 0.1) is 10.6 Å². The van der Waals surface area contributed by atoms with Gasteiger partial charge in [0, 0.05) is 43.4 Å². The first-order chi connectivity index (χ1) is 15.7. The SMILES string of the molecule is Cc1ccc(N(CCCN2CC3CN(C(=O)c4c(F)cccc4Cl)CC3C2)C(=O)O)cc1Cl. The van der Waals surface area contributed by atoms with Crippen molar-refractivity contribution in [3.63, 3.8) is 0 Å². The fourth-order valence-electron chi connectivity index (χ4n) is 4.84. The van der Waals surface area contributed by atoms with Gasteiger partial charge in [-0.2, -0.15) is 0 Å². The average Bonchev–Trinajstić information content (AvgIpc) is 3.32.